The number of aromatic amines is 1. The second kappa shape index (κ2) is 30.8. The van der Waals surface area contributed by atoms with Gasteiger partial charge in [-0.05, 0) is 224 Å². The second-order valence-corrected chi connectivity index (χ2v) is 36.1. The molecular weight excluding hydrogens is 1560 g/mol. The minimum absolute atomic E-state index is 0.00354. The average Bonchev–Trinajstić information content (AvgIpc) is 1.70. The highest BCUT2D eigenvalue weighted by molar-refractivity contribution is 7.89. The summed E-state index contributed by atoms with van der Waals surface area (Å²) < 4.78 is 135. The van der Waals surface area contributed by atoms with Crippen LogP contribution < -0.4 is 4.68 Å². The lowest BCUT2D eigenvalue weighted by molar-refractivity contribution is -0.771. The summed E-state index contributed by atoms with van der Waals surface area (Å²) in [6.07, 6.45) is 21.3. The van der Waals surface area contributed by atoms with E-state index in [2.05, 4.69) is 61.1 Å². The molecule has 18 rings (SSSR count). The molecule has 3 aromatic carbocycles. The topological polar surface area (TPSA) is 349 Å². The maximum Gasteiger partial charge on any atom is 0.346 e. The number of pyridine rings is 3. The Kier molecular flexibility index (Phi) is 20.8. The monoisotopic (exact) mass is 1640 g/mol. The molecule has 117 heavy (non-hydrogen) atoms. The largest absolute Gasteiger partial charge is 0.346 e. The molecular formula is C81H79F3N21O9S3+. The molecule has 3 fully saturated rings. The molecule has 600 valence electrons. The van der Waals surface area contributed by atoms with Crippen LogP contribution in [-0.4, -0.2) is 179 Å². The molecule has 0 spiro atoms. The van der Waals surface area contributed by atoms with Crippen LogP contribution in [0.2, 0.25) is 0 Å². The van der Waals surface area contributed by atoms with Gasteiger partial charge in [0.1, 0.15) is 40.6 Å². The first-order chi connectivity index (χ1) is 56.1. The number of hydrogen-bond acceptors (Lipinski definition) is 20. The average molecular weight is 1640 g/mol. The van der Waals surface area contributed by atoms with Gasteiger partial charge in [-0.25, -0.2) is 57.2 Å². The van der Waals surface area contributed by atoms with E-state index < -0.39 is 46.3 Å². The van der Waals surface area contributed by atoms with E-state index in [0.717, 1.165) is 50.5 Å². The number of carbonyl (C=O) groups is 3. The van der Waals surface area contributed by atoms with Gasteiger partial charge in [-0.3, -0.25) is 29.3 Å². The van der Waals surface area contributed by atoms with Crippen molar-refractivity contribution in [3.63, 3.8) is 0 Å². The molecule has 0 unspecified atom stereocenters. The molecule has 3 aliphatic carbocycles. The number of nitrogens with zero attached hydrogens (tertiary/aromatic N) is 20. The first-order valence-electron chi connectivity index (χ1n) is 37.9. The molecule has 12 aromatic rings. The molecule has 9 aromatic heterocycles. The Morgan fingerprint density at radius 2 is 0.829 bits per heavy atom. The van der Waals surface area contributed by atoms with E-state index in [1.54, 1.807) is 147 Å². The van der Waals surface area contributed by atoms with Crippen LogP contribution in [0, 0.1) is 33.7 Å². The molecule has 12 heterocycles. The van der Waals surface area contributed by atoms with Gasteiger partial charge in [-0.15, -0.1) is 10.2 Å². The maximum absolute atomic E-state index is 14.2. The van der Waals surface area contributed by atoms with Crippen LogP contribution in [0.15, 0.2) is 215 Å². The van der Waals surface area contributed by atoms with E-state index in [-0.39, 0.29) is 144 Å². The number of piperidine rings is 3. The first-order valence-corrected chi connectivity index (χ1v) is 42.2. The predicted molar refractivity (Wildman–Crippen MR) is 419 cm³/mol. The molecule has 3 atom stereocenters. The van der Waals surface area contributed by atoms with Crippen LogP contribution in [-0.2, 0) is 49.3 Å². The maximum atomic E-state index is 14.2. The SMILES string of the molecule is CC(C)[n+]1cc(S(=O)(=O)N2CCC3=Cc4c(cnn4-c4ccc(F)cc4)C[C@]3(C(=O)c3ccccn3)C2)n[nH]1.CC(C)n1ncc(S(=O)(=O)N2CCC3=Cc4c(cnn4-c4ccc(F)cc4)C[C@]3(C(=O)c3ccccn3)C2)n1.CC(C)n1nncc1S(=O)(=O)N1CCC2=Cc3c(cnn3-c3ccc(F)cc3)C[C@]2(C(=O)c2ccccn2)C1. The molecule has 0 saturated carbocycles. The number of Topliss-reactive ketones (excluding diaryl/α,β-unsaturated/α-hetero) is 3. The van der Waals surface area contributed by atoms with Gasteiger partial charge >= 0.3 is 5.03 Å². The highest BCUT2D eigenvalue weighted by atomic mass is 32.2. The summed E-state index contributed by atoms with van der Waals surface area (Å²) in [5, 5.41) is 36.2. The van der Waals surface area contributed by atoms with Crippen molar-refractivity contribution in [3.05, 3.63) is 268 Å². The normalized spacial score (nSPS) is 19.4. The Bertz CT molecular complexity index is 6040. The van der Waals surface area contributed by atoms with Gasteiger partial charge in [-0.1, -0.05) is 45.3 Å². The molecule has 0 radical (unpaired) electrons. The number of benzene rings is 3. The Hall–Kier alpha value is -12.1. The van der Waals surface area contributed by atoms with Gasteiger partial charge in [0.05, 0.1) is 92.5 Å². The van der Waals surface area contributed by atoms with E-state index in [9.17, 15) is 52.8 Å². The number of aromatic nitrogens is 18. The summed E-state index contributed by atoms with van der Waals surface area (Å²) in [4.78, 5) is 56.8. The van der Waals surface area contributed by atoms with Crippen molar-refractivity contribution in [2.24, 2.45) is 16.2 Å². The van der Waals surface area contributed by atoms with Gasteiger partial charge in [0.25, 0.3) is 30.1 Å². The van der Waals surface area contributed by atoms with Crippen LogP contribution in [0.3, 0.4) is 0 Å². The number of H-pyrrole nitrogens is 1. The minimum Gasteiger partial charge on any atom is -0.291 e. The van der Waals surface area contributed by atoms with E-state index in [0.29, 0.717) is 36.3 Å². The predicted octanol–water partition coefficient (Wildman–Crippen LogP) is 9.87. The molecule has 3 saturated heterocycles. The number of nitrogens with one attached hydrogen (secondary N) is 1. The number of rotatable bonds is 18. The van der Waals surface area contributed by atoms with Gasteiger partial charge in [-0.2, -0.15) is 42.8 Å². The summed E-state index contributed by atoms with van der Waals surface area (Å²) in [6.45, 7) is 11.6. The quantitative estimate of drug-likeness (QED) is 0.0616. The summed E-state index contributed by atoms with van der Waals surface area (Å²) in [5.41, 5.74) is 6.58. The van der Waals surface area contributed by atoms with Crippen molar-refractivity contribution in [2.75, 3.05) is 39.3 Å². The highest BCUT2D eigenvalue weighted by Gasteiger charge is 2.56. The van der Waals surface area contributed by atoms with Gasteiger partial charge in [0.15, 0.2) is 28.6 Å². The fraction of sp³-hybridized carbons (Fsp3) is 0.296. The summed E-state index contributed by atoms with van der Waals surface area (Å²) >= 11 is 0. The van der Waals surface area contributed by atoms with E-state index in [1.807, 2.05) is 59.8 Å². The second-order valence-electron chi connectivity index (χ2n) is 30.4. The lowest BCUT2D eigenvalue weighted by atomic mass is 9.65. The molecule has 0 bridgehead atoms. The number of hydrogen-bond donors (Lipinski definition) is 1. The number of halogens is 3. The van der Waals surface area contributed by atoms with Crippen molar-refractivity contribution in [1.29, 1.82) is 0 Å². The van der Waals surface area contributed by atoms with Crippen molar-refractivity contribution < 1.29 is 57.5 Å². The van der Waals surface area contributed by atoms with Crippen LogP contribution in [0.4, 0.5) is 13.2 Å². The lowest BCUT2D eigenvalue weighted by Gasteiger charge is -2.44. The van der Waals surface area contributed by atoms with Crippen molar-refractivity contribution in [3.8, 4) is 17.1 Å². The standard InChI is InChI=1S/3C27H26FN7O3S/c1-18(2)34-25(16-30-32-34)39(37,38)33-12-10-20-13-24-19(15-31-35(24)22-8-6-21(28)7-9-22)14-27(20,17-33)26(36)23-5-3-4-11-29-23;1-18(2)34-16-25(31-32-34)39(37,38)33-12-10-20-13-24-19(15-30-35(24)22-8-6-21(28)7-9-22)14-27(20,17-33)26(36)23-5-3-4-11-29-23;1-18(2)35-31-16-25(32-35)39(37,38)33-12-10-20-13-24-19(15-30-34(24)22-8-6-21(28)7-9-22)14-27(20,17-33)26(36)23-5-3-4-11-29-23/h3*3-9,11,13,15-16,18H,10,12,14,17H2,1-2H3/p+1/t3*27-/m000/s1. The molecule has 1 N–H and O–H groups in total. The molecule has 36 heteroatoms. The molecule has 6 aliphatic rings. The number of ketones is 3. The van der Waals surface area contributed by atoms with Crippen LogP contribution in [0.5, 0.6) is 0 Å². The van der Waals surface area contributed by atoms with Gasteiger partial charge in [0.2, 0.25) is 5.03 Å². The zero-order valence-electron chi connectivity index (χ0n) is 64.2. The van der Waals surface area contributed by atoms with Crippen molar-refractivity contribution in [2.45, 2.75) is 113 Å². The zero-order valence-corrected chi connectivity index (χ0v) is 66.7. The first kappa shape index (κ1) is 78.8. The van der Waals surface area contributed by atoms with Crippen molar-refractivity contribution >= 4 is 65.6 Å². The lowest BCUT2D eigenvalue weighted by Crippen LogP contribution is -2.53. The molecule has 30 nitrogen and oxygen atoms in total. The van der Waals surface area contributed by atoms with E-state index in [4.69, 9.17) is 0 Å². The van der Waals surface area contributed by atoms with E-state index in [1.165, 1.54) is 77.4 Å². The summed E-state index contributed by atoms with van der Waals surface area (Å²) in [6, 6.07) is 33.1. The summed E-state index contributed by atoms with van der Waals surface area (Å²) in [7, 11) is -12.0. The van der Waals surface area contributed by atoms with E-state index >= 15 is 0 Å². The number of fused-ring (bicyclic) bond motifs is 6. The van der Waals surface area contributed by atoms with Crippen LogP contribution >= 0.6 is 0 Å². The van der Waals surface area contributed by atoms with Crippen molar-refractivity contribution in [1.82, 2.24) is 97.5 Å². The van der Waals surface area contributed by atoms with Crippen LogP contribution in [0.1, 0.15) is 144 Å². The fourth-order valence-electron chi connectivity index (χ4n) is 16.1. The smallest absolute Gasteiger partial charge is 0.291 e. The van der Waals surface area contributed by atoms with Gasteiger partial charge < -0.3 is 0 Å². The summed E-state index contributed by atoms with van der Waals surface area (Å²) in [5.74, 6) is -1.78. The third kappa shape index (κ3) is 14.4. The molecule has 0 amide bonds. The fourth-order valence-corrected chi connectivity index (χ4v) is 20.5. The Balaban J connectivity index is 0.000000131. The third-order valence-electron chi connectivity index (χ3n) is 22.2. The Morgan fingerprint density at radius 1 is 0.453 bits per heavy atom. The Labute approximate surface area is 670 Å². The number of carbonyl (C=O) groups excluding carboxylic acids is 3. The minimum atomic E-state index is -4.02. The zero-order chi connectivity index (χ0) is 82.1. The number of sulfonamides is 3. The molecule has 3 aliphatic heterocycles. The van der Waals surface area contributed by atoms with Gasteiger partial charge in [0, 0.05) is 63.9 Å². The van der Waals surface area contributed by atoms with Crippen LogP contribution in [0.25, 0.3) is 35.3 Å². The highest BCUT2D eigenvalue weighted by Crippen LogP contribution is 2.51. The Morgan fingerprint density at radius 3 is 1.16 bits per heavy atom. The third-order valence-corrected chi connectivity index (χ3v) is 27.5.